The second-order valence-corrected chi connectivity index (χ2v) is 5.22. The fourth-order valence-corrected chi connectivity index (χ4v) is 2.16. The summed E-state index contributed by atoms with van der Waals surface area (Å²) >= 11 is 0. The number of hydrogen-bond donors (Lipinski definition) is 1. The number of ether oxygens (including phenoxy) is 1. The highest BCUT2D eigenvalue weighted by atomic mass is 16.5. The first-order chi connectivity index (χ1) is 11.0. The molecule has 0 saturated heterocycles. The van der Waals surface area contributed by atoms with Crippen molar-refractivity contribution in [2.75, 3.05) is 12.4 Å². The number of nitrogens with zero attached hydrogens (tertiary/aromatic N) is 1. The molecule has 1 amide bonds. The van der Waals surface area contributed by atoms with Crippen LogP contribution in [0.4, 0.5) is 5.69 Å². The third kappa shape index (κ3) is 4.21. The van der Waals surface area contributed by atoms with Crippen LogP contribution in [-0.2, 0) is 4.79 Å². The van der Waals surface area contributed by atoms with E-state index < -0.39 is 5.91 Å². The predicted octanol–water partition coefficient (Wildman–Crippen LogP) is 3.86. The van der Waals surface area contributed by atoms with Crippen molar-refractivity contribution in [2.45, 2.75) is 13.8 Å². The molecule has 0 atom stereocenters. The van der Waals surface area contributed by atoms with Gasteiger partial charge in [0.2, 0.25) is 0 Å². The Kier molecular flexibility index (Phi) is 5.16. The summed E-state index contributed by atoms with van der Waals surface area (Å²) < 4.78 is 5.08. The predicted molar refractivity (Wildman–Crippen MR) is 91.1 cm³/mol. The molecule has 0 aliphatic carbocycles. The number of aryl methyl sites for hydroxylation is 2. The molecular formula is C19H18N2O2. The molecule has 0 aromatic heterocycles. The van der Waals surface area contributed by atoms with Crippen molar-refractivity contribution in [3.63, 3.8) is 0 Å². The number of benzene rings is 2. The van der Waals surface area contributed by atoms with Crippen molar-refractivity contribution in [3.05, 3.63) is 64.7 Å². The number of carbonyl (C=O) groups excluding carboxylic acids is 1. The molecule has 23 heavy (non-hydrogen) atoms. The number of amides is 1. The van der Waals surface area contributed by atoms with Crippen LogP contribution in [0.2, 0.25) is 0 Å². The highest BCUT2D eigenvalue weighted by Gasteiger charge is 2.11. The maximum Gasteiger partial charge on any atom is 0.266 e. The maximum absolute atomic E-state index is 12.3. The molecule has 0 bridgehead atoms. The van der Waals surface area contributed by atoms with Crippen molar-refractivity contribution in [1.29, 1.82) is 5.26 Å². The Morgan fingerprint density at radius 1 is 1.17 bits per heavy atom. The monoisotopic (exact) mass is 306 g/mol. The number of hydrogen-bond acceptors (Lipinski definition) is 3. The summed E-state index contributed by atoms with van der Waals surface area (Å²) in [4.78, 5) is 12.3. The normalized spacial score (nSPS) is 10.8. The molecule has 0 saturated carbocycles. The zero-order chi connectivity index (χ0) is 16.8. The van der Waals surface area contributed by atoms with E-state index in [0.29, 0.717) is 5.69 Å². The first kappa shape index (κ1) is 16.3. The molecule has 0 heterocycles. The van der Waals surface area contributed by atoms with Crippen LogP contribution in [0.25, 0.3) is 6.08 Å². The molecule has 116 valence electrons. The van der Waals surface area contributed by atoms with Crippen molar-refractivity contribution >= 4 is 17.7 Å². The Morgan fingerprint density at radius 3 is 2.43 bits per heavy atom. The Morgan fingerprint density at radius 2 is 1.87 bits per heavy atom. The Balaban J connectivity index is 2.20. The molecule has 1 N–H and O–H groups in total. The lowest BCUT2D eigenvalue weighted by molar-refractivity contribution is -0.112. The lowest BCUT2D eigenvalue weighted by atomic mass is 10.1. The number of carbonyl (C=O) groups is 1. The molecule has 4 nitrogen and oxygen atoms in total. The van der Waals surface area contributed by atoms with E-state index in [-0.39, 0.29) is 5.57 Å². The summed E-state index contributed by atoms with van der Waals surface area (Å²) in [5.41, 5.74) is 3.60. The highest BCUT2D eigenvalue weighted by molar-refractivity contribution is 6.09. The van der Waals surface area contributed by atoms with Gasteiger partial charge >= 0.3 is 0 Å². The van der Waals surface area contributed by atoms with Gasteiger partial charge in [0.25, 0.3) is 5.91 Å². The number of nitriles is 1. The summed E-state index contributed by atoms with van der Waals surface area (Å²) in [6.45, 7) is 3.91. The lowest BCUT2D eigenvalue weighted by Gasteiger charge is -2.08. The van der Waals surface area contributed by atoms with E-state index in [4.69, 9.17) is 4.74 Å². The molecule has 0 spiro atoms. The van der Waals surface area contributed by atoms with Gasteiger partial charge in [0.05, 0.1) is 7.11 Å². The quantitative estimate of drug-likeness (QED) is 0.689. The number of rotatable bonds is 4. The van der Waals surface area contributed by atoms with Gasteiger partial charge in [-0.05, 0) is 49.2 Å². The minimum atomic E-state index is -0.421. The summed E-state index contributed by atoms with van der Waals surface area (Å²) in [5.74, 6) is 0.302. The van der Waals surface area contributed by atoms with Gasteiger partial charge in [-0.1, -0.05) is 29.8 Å². The number of methoxy groups -OCH3 is 1. The van der Waals surface area contributed by atoms with Gasteiger partial charge in [-0.3, -0.25) is 4.79 Å². The van der Waals surface area contributed by atoms with Crippen molar-refractivity contribution < 1.29 is 9.53 Å². The van der Waals surface area contributed by atoms with Crippen LogP contribution in [0.15, 0.2) is 48.0 Å². The van der Waals surface area contributed by atoms with Gasteiger partial charge in [-0.15, -0.1) is 0 Å². The summed E-state index contributed by atoms with van der Waals surface area (Å²) in [6, 6.07) is 14.8. The van der Waals surface area contributed by atoms with Gasteiger partial charge in [0.1, 0.15) is 17.4 Å². The van der Waals surface area contributed by atoms with Crippen LogP contribution in [-0.4, -0.2) is 13.0 Å². The fraction of sp³-hybridized carbons (Fsp3) is 0.158. The molecule has 0 aliphatic heterocycles. The largest absolute Gasteiger partial charge is 0.497 e. The van der Waals surface area contributed by atoms with E-state index in [1.165, 1.54) is 0 Å². The minimum absolute atomic E-state index is 0.0511. The lowest BCUT2D eigenvalue weighted by Crippen LogP contribution is -2.14. The van der Waals surface area contributed by atoms with Crippen LogP contribution in [0.1, 0.15) is 16.7 Å². The molecule has 4 heteroatoms. The smallest absolute Gasteiger partial charge is 0.266 e. The third-order valence-electron chi connectivity index (χ3n) is 3.42. The molecule has 0 radical (unpaired) electrons. The van der Waals surface area contributed by atoms with E-state index in [2.05, 4.69) is 5.32 Å². The van der Waals surface area contributed by atoms with Crippen LogP contribution >= 0.6 is 0 Å². The van der Waals surface area contributed by atoms with Crippen molar-refractivity contribution in [3.8, 4) is 11.8 Å². The average Bonchev–Trinajstić information content (AvgIpc) is 2.55. The Hall–Kier alpha value is -3.06. The molecule has 0 fully saturated rings. The SMILES string of the molecule is COc1ccc(/C=C(\C#N)C(=O)Nc2ccc(C)cc2C)cc1. The minimum Gasteiger partial charge on any atom is -0.497 e. The van der Waals surface area contributed by atoms with Crippen LogP contribution in [0.5, 0.6) is 5.75 Å². The first-order valence-corrected chi connectivity index (χ1v) is 7.18. The van der Waals surface area contributed by atoms with Gasteiger partial charge in [-0.2, -0.15) is 5.26 Å². The second kappa shape index (κ2) is 7.28. The zero-order valence-corrected chi connectivity index (χ0v) is 13.4. The summed E-state index contributed by atoms with van der Waals surface area (Å²) in [5, 5.41) is 12.0. The number of anilines is 1. The third-order valence-corrected chi connectivity index (χ3v) is 3.42. The zero-order valence-electron chi connectivity index (χ0n) is 13.4. The van der Waals surface area contributed by atoms with Gasteiger partial charge in [0, 0.05) is 5.69 Å². The van der Waals surface area contributed by atoms with Crippen molar-refractivity contribution in [1.82, 2.24) is 0 Å². The second-order valence-electron chi connectivity index (χ2n) is 5.22. The van der Waals surface area contributed by atoms with E-state index in [0.717, 1.165) is 22.4 Å². The van der Waals surface area contributed by atoms with Crippen molar-refractivity contribution in [2.24, 2.45) is 0 Å². The molecule has 2 aromatic rings. The van der Waals surface area contributed by atoms with E-state index in [9.17, 15) is 10.1 Å². The summed E-state index contributed by atoms with van der Waals surface area (Å²) in [6.07, 6.45) is 1.55. The topological polar surface area (TPSA) is 62.1 Å². The average molecular weight is 306 g/mol. The highest BCUT2D eigenvalue weighted by Crippen LogP contribution is 2.18. The van der Waals surface area contributed by atoms with E-state index >= 15 is 0 Å². The van der Waals surface area contributed by atoms with Gasteiger partial charge < -0.3 is 10.1 Å². The van der Waals surface area contributed by atoms with Gasteiger partial charge in [0.15, 0.2) is 0 Å². The van der Waals surface area contributed by atoms with E-state index in [1.54, 1.807) is 37.5 Å². The van der Waals surface area contributed by atoms with Gasteiger partial charge in [-0.25, -0.2) is 0 Å². The molecule has 2 aromatic carbocycles. The fourth-order valence-electron chi connectivity index (χ4n) is 2.16. The van der Waals surface area contributed by atoms with Crippen LogP contribution in [0.3, 0.4) is 0 Å². The first-order valence-electron chi connectivity index (χ1n) is 7.18. The standard InChI is InChI=1S/C19H18N2O2/c1-13-4-9-18(14(2)10-13)21-19(22)16(12-20)11-15-5-7-17(23-3)8-6-15/h4-11H,1-3H3,(H,21,22)/b16-11+. The molecule has 2 rings (SSSR count). The Labute approximate surface area is 136 Å². The van der Waals surface area contributed by atoms with E-state index in [1.807, 2.05) is 38.1 Å². The summed E-state index contributed by atoms with van der Waals surface area (Å²) in [7, 11) is 1.59. The maximum atomic E-state index is 12.3. The molecule has 0 unspecified atom stereocenters. The molecular weight excluding hydrogens is 288 g/mol. The number of nitrogens with one attached hydrogen (secondary N) is 1. The molecule has 0 aliphatic rings. The van der Waals surface area contributed by atoms with Crippen LogP contribution in [0, 0.1) is 25.2 Å². The van der Waals surface area contributed by atoms with Crippen LogP contribution < -0.4 is 10.1 Å². The Bertz CT molecular complexity index is 784.